The van der Waals surface area contributed by atoms with Gasteiger partial charge in [-0.1, -0.05) is 12.1 Å². The molecule has 1 aromatic rings. The molecule has 0 bridgehead atoms. The molecular weight excluding hydrogens is 206 g/mol. The zero-order valence-corrected chi connectivity index (χ0v) is 9.64. The van der Waals surface area contributed by atoms with Gasteiger partial charge in [-0.05, 0) is 31.2 Å². The highest BCUT2D eigenvalue weighted by Gasteiger charge is 2.21. The van der Waals surface area contributed by atoms with Gasteiger partial charge in [-0.15, -0.1) is 11.8 Å². The van der Waals surface area contributed by atoms with Crippen LogP contribution in [0.1, 0.15) is 23.2 Å². The molecule has 0 unspecified atom stereocenters. The predicted octanol–water partition coefficient (Wildman–Crippen LogP) is 2.34. The Bertz CT molecular complexity index is 343. The first-order valence-electron chi connectivity index (χ1n) is 5.20. The fraction of sp³-hybridized carbons (Fsp3) is 0.417. The number of Topliss-reactive ketones (excluding diaryl/α,β-unsaturated/α-hetero) is 1. The first-order chi connectivity index (χ1) is 7.29. The third-order valence-electron chi connectivity index (χ3n) is 2.54. The smallest absolute Gasteiger partial charge is 0.176 e. The van der Waals surface area contributed by atoms with Crippen LogP contribution in [0.3, 0.4) is 0 Å². The van der Waals surface area contributed by atoms with Crippen molar-refractivity contribution in [1.82, 2.24) is 5.32 Å². The summed E-state index contributed by atoms with van der Waals surface area (Å²) in [5.41, 5.74) is 0.806. The minimum atomic E-state index is 0.189. The number of benzene rings is 1. The molecule has 1 saturated carbocycles. The molecule has 15 heavy (non-hydrogen) atoms. The Morgan fingerprint density at radius 1 is 1.40 bits per heavy atom. The van der Waals surface area contributed by atoms with Crippen molar-refractivity contribution in [3.8, 4) is 0 Å². The summed E-state index contributed by atoms with van der Waals surface area (Å²) in [6.07, 6.45) is 4.48. The molecule has 0 radical (unpaired) electrons. The molecule has 80 valence electrons. The maximum absolute atomic E-state index is 11.7. The Morgan fingerprint density at radius 3 is 2.60 bits per heavy atom. The second-order valence-electron chi connectivity index (χ2n) is 3.81. The van der Waals surface area contributed by atoms with Crippen LogP contribution in [0.15, 0.2) is 29.2 Å². The van der Waals surface area contributed by atoms with E-state index in [1.165, 1.54) is 17.7 Å². The van der Waals surface area contributed by atoms with Gasteiger partial charge in [0.15, 0.2) is 5.78 Å². The van der Waals surface area contributed by atoms with Gasteiger partial charge < -0.3 is 5.32 Å². The van der Waals surface area contributed by atoms with E-state index in [-0.39, 0.29) is 5.78 Å². The van der Waals surface area contributed by atoms with Crippen LogP contribution in [0, 0.1) is 0 Å². The number of hydrogen-bond acceptors (Lipinski definition) is 3. The van der Waals surface area contributed by atoms with Crippen LogP contribution >= 0.6 is 11.8 Å². The second-order valence-corrected chi connectivity index (χ2v) is 4.69. The number of ketones is 1. The summed E-state index contributed by atoms with van der Waals surface area (Å²) in [6, 6.07) is 8.40. The quantitative estimate of drug-likeness (QED) is 0.611. The summed E-state index contributed by atoms with van der Waals surface area (Å²) in [4.78, 5) is 12.9. The van der Waals surface area contributed by atoms with Crippen LogP contribution in [0.2, 0.25) is 0 Å². The van der Waals surface area contributed by atoms with Crippen LogP contribution in [-0.4, -0.2) is 24.6 Å². The van der Waals surface area contributed by atoms with E-state index in [0.717, 1.165) is 5.56 Å². The molecule has 2 nitrogen and oxygen atoms in total. The largest absolute Gasteiger partial charge is 0.307 e. The number of rotatable bonds is 5. The third-order valence-corrected chi connectivity index (χ3v) is 3.28. The van der Waals surface area contributed by atoms with E-state index in [2.05, 4.69) is 5.32 Å². The zero-order chi connectivity index (χ0) is 10.7. The summed E-state index contributed by atoms with van der Waals surface area (Å²) in [7, 11) is 0. The number of hydrogen-bond donors (Lipinski definition) is 1. The van der Waals surface area contributed by atoms with E-state index in [1.54, 1.807) is 11.8 Å². The van der Waals surface area contributed by atoms with Crippen LogP contribution < -0.4 is 5.32 Å². The lowest BCUT2D eigenvalue weighted by molar-refractivity contribution is 0.0990. The van der Waals surface area contributed by atoms with Crippen molar-refractivity contribution in [1.29, 1.82) is 0 Å². The number of nitrogens with one attached hydrogen (secondary N) is 1. The molecule has 1 aliphatic carbocycles. The SMILES string of the molecule is CSc1ccc(C(=O)CNC2CC2)cc1. The van der Waals surface area contributed by atoms with Gasteiger partial charge in [-0.2, -0.15) is 0 Å². The van der Waals surface area contributed by atoms with Crippen molar-refractivity contribution in [2.24, 2.45) is 0 Å². The Balaban J connectivity index is 1.91. The second kappa shape index (κ2) is 4.81. The van der Waals surface area contributed by atoms with Gasteiger partial charge in [-0.3, -0.25) is 4.79 Å². The third kappa shape index (κ3) is 3.08. The van der Waals surface area contributed by atoms with Crippen LogP contribution in [0.4, 0.5) is 0 Å². The van der Waals surface area contributed by atoms with Gasteiger partial charge >= 0.3 is 0 Å². The summed E-state index contributed by atoms with van der Waals surface area (Å²) >= 11 is 1.69. The molecule has 0 atom stereocenters. The summed E-state index contributed by atoms with van der Waals surface area (Å²) in [5.74, 6) is 0.189. The maximum atomic E-state index is 11.7. The van der Waals surface area contributed by atoms with E-state index in [1.807, 2.05) is 30.5 Å². The highest BCUT2D eigenvalue weighted by Crippen LogP contribution is 2.19. The van der Waals surface area contributed by atoms with Crippen molar-refractivity contribution in [3.63, 3.8) is 0 Å². The lowest BCUT2D eigenvalue weighted by Crippen LogP contribution is -2.24. The normalized spacial score (nSPS) is 15.3. The minimum Gasteiger partial charge on any atom is -0.307 e. The molecule has 0 saturated heterocycles. The molecule has 2 rings (SSSR count). The number of carbonyl (C=O) groups is 1. The lowest BCUT2D eigenvalue weighted by Gasteiger charge is -2.03. The molecule has 1 N–H and O–H groups in total. The maximum Gasteiger partial charge on any atom is 0.176 e. The average Bonchev–Trinajstić information content (AvgIpc) is 3.10. The molecule has 0 aliphatic heterocycles. The predicted molar refractivity (Wildman–Crippen MR) is 63.6 cm³/mol. The van der Waals surface area contributed by atoms with Crippen LogP contribution in [0.25, 0.3) is 0 Å². The Labute approximate surface area is 94.4 Å². The Morgan fingerprint density at radius 2 is 2.07 bits per heavy atom. The summed E-state index contributed by atoms with van der Waals surface area (Å²) in [5, 5.41) is 3.23. The van der Waals surface area contributed by atoms with Crippen molar-refractivity contribution < 1.29 is 4.79 Å². The van der Waals surface area contributed by atoms with E-state index in [4.69, 9.17) is 0 Å². The van der Waals surface area contributed by atoms with Gasteiger partial charge in [-0.25, -0.2) is 0 Å². The van der Waals surface area contributed by atoms with Crippen LogP contribution in [0.5, 0.6) is 0 Å². The van der Waals surface area contributed by atoms with E-state index < -0.39 is 0 Å². The van der Waals surface area contributed by atoms with Gasteiger partial charge in [0, 0.05) is 16.5 Å². The number of carbonyl (C=O) groups excluding carboxylic acids is 1. The molecule has 0 heterocycles. The van der Waals surface area contributed by atoms with Gasteiger partial charge in [0.25, 0.3) is 0 Å². The molecule has 0 amide bonds. The first kappa shape index (κ1) is 10.7. The fourth-order valence-electron chi connectivity index (χ4n) is 1.40. The number of thioether (sulfide) groups is 1. The minimum absolute atomic E-state index is 0.189. The average molecular weight is 221 g/mol. The Kier molecular flexibility index (Phi) is 3.44. The molecular formula is C12H15NOS. The molecule has 1 aliphatic rings. The van der Waals surface area contributed by atoms with Crippen molar-refractivity contribution >= 4 is 17.5 Å². The molecule has 1 aromatic carbocycles. The van der Waals surface area contributed by atoms with Crippen molar-refractivity contribution in [3.05, 3.63) is 29.8 Å². The van der Waals surface area contributed by atoms with Crippen molar-refractivity contribution in [2.45, 2.75) is 23.8 Å². The molecule has 0 aromatic heterocycles. The fourth-order valence-corrected chi connectivity index (χ4v) is 1.81. The van der Waals surface area contributed by atoms with E-state index in [0.29, 0.717) is 12.6 Å². The molecule has 3 heteroatoms. The van der Waals surface area contributed by atoms with Crippen LogP contribution in [-0.2, 0) is 0 Å². The van der Waals surface area contributed by atoms with Crippen molar-refractivity contribution in [2.75, 3.05) is 12.8 Å². The standard InChI is InChI=1S/C12H15NOS/c1-15-11-6-2-9(3-7-11)12(14)8-13-10-4-5-10/h2-3,6-7,10,13H,4-5,8H2,1H3. The molecule has 1 fully saturated rings. The van der Waals surface area contributed by atoms with Gasteiger partial charge in [0.2, 0.25) is 0 Å². The summed E-state index contributed by atoms with van der Waals surface area (Å²) < 4.78 is 0. The highest BCUT2D eigenvalue weighted by molar-refractivity contribution is 7.98. The molecule has 0 spiro atoms. The monoisotopic (exact) mass is 221 g/mol. The van der Waals surface area contributed by atoms with E-state index in [9.17, 15) is 4.79 Å². The summed E-state index contributed by atoms with van der Waals surface area (Å²) in [6.45, 7) is 0.475. The first-order valence-corrected chi connectivity index (χ1v) is 6.42. The lowest BCUT2D eigenvalue weighted by atomic mass is 10.1. The van der Waals surface area contributed by atoms with Gasteiger partial charge in [0.1, 0.15) is 0 Å². The highest BCUT2D eigenvalue weighted by atomic mass is 32.2. The van der Waals surface area contributed by atoms with Gasteiger partial charge in [0.05, 0.1) is 6.54 Å². The zero-order valence-electron chi connectivity index (χ0n) is 8.82. The van der Waals surface area contributed by atoms with E-state index >= 15 is 0 Å². The Hall–Kier alpha value is -0.800. The topological polar surface area (TPSA) is 29.1 Å².